The predicted octanol–water partition coefficient (Wildman–Crippen LogP) is 4.85. The molecule has 9 nitrogen and oxygen atoms in total. The Hall–Kier alpha value is -4.14. The van der Waals surface area contributed by atoms with Crippen LogP contribution in [0, 0.1) is 0 Å². The number of hydrogen-bond acceptors (Lipinski definition) is 7. The molecule has 188 valence electrons. The number of carbonyl (C=O) groups is 1. The monoisotopic (exact) mass is 488 g/mol. The van der Waals surface area contributed by atoms with Crippen molar-refractivity contribution in [2.45, 2.75) is 46.0 Å². The van der Waals surface area contributed by atoms with Gasteiger partial charge in [-0.15, -0.1) is 0 Å². The van der Waals surface area contributed by atoms with E-state index in [-0.39, 0.29) is 23.0 Å². The Labute approximate surface area is 210 Å². The summed E-state index contributed by atoms with van der Waals surface area (Å²) in [5, 5.41) is 17.5. The molecule has 2 aromatic heterocycles. The molecule has 4 N–H and O–H groups in total. The summed E-state index contributed by atoms with van der Waals surface area (Å²) in [5.74, 6) is 0.265. The summed E-state index contributed by atoms with van der Waals surface area (Å²) in [6.07, 6.45) is 7.07. The second-order valence-electron chi connectivity index (χ2n) is 8.53. The first-order valence-electron chi connectivity index (χ1n) is 12.4. The Balaban J connectivity index is 1.70. The molecule has 0 spiro atoms. The molecule has 4 rings (SSSR count). The van der Waals surface area contributed by atoms with Crippen LogP contribution in [0.3, 0.4) is 0 Å². The third-order valence-electron chi connectivity index (χ3n) is 5.87. The fourth-order valence-electron chi connectivity index (χ4n) is 4.01. The zero-order chi connectivity index (χ0) is 25.5. The van der Waals surface area contributed by atoms with Crippen molar-refractivity contribution < 1.29 is 14.6 Å². The largest absolute Gasteiger partial charge is 0.504 e. The highest BCUT2D eigenvalue weighted by molar-refractivity contribution is 6.10. The van der Waals surface area contributed by atoms with Gasteiger partial charge in [0.1, 0.15) is 16.9 Å². The third-order valence-corrected chi connectivity index (χ3v) is 5.87. The van der Waals surface area contributed by atoms with Gasteiger partial charge in [-0.2, -0.15) is 9.78 Å². The number of aromatic hydroxyl groups is 1. The van der Waals surface area contributed by atoms with Gasteiger partial charge < -0.3 is 20.9 Å². The van der Waals surface area contributed by atoms with Crippen LogP contribution in [0.5, 0.6) is 11.5 Å². The first kappa shape index (κ1) is 25.0. The number of benzene rings is 2. The normalized spacial score (nSPS) is 11.5. The number of fused-ring (bicyclic) bond motifs is 2. The lowest BCUT2D eigenvalue weighted by Crippen LogP contribution is -2.25. The molecule has 0 aliphatic carbocycles. The standard InChI is InChI=1S/C27H32N6O3/c1-3-5-6-7-10-15-29-27(35)23-24-26(32-20-12-9-8-11-19(20)31-24)33(25(23)28)30-17-18-13-14-21(34)22(16-18)36-4-2/h8-9,11-14,16-17,34H,3-7,10,15,28H2,1-2H3,(H,29,35)/b30-17-. The van der Waals surface area contributed by atoms with Gasteiger partial charge in [-0.3, -0.25) is 4.79 Å². The summed E-state index contributed by atoms with van der Waals surface area (Å²) in [6, 6.07) is 12.4. The molecule has 36 heavy (non-hydrogen) atoms. The molecule has 2 aromatic carbocycles. The summed E-state index contributed by atoms with van der Waals surface area (Å²) in [7, 11) is 0. The lowest BCUT2D eigenvalue weighted by Gasteiger charge is -2.06. The number of para-hydroxylation sites is 2. The summed E-state index contributed by atoms with van der Waals surface area (Å²) in [6.45, 7) is 5.00. The predicted molar refractivity (Wildman–Crippen MR) is 143 cm³/mol. The summed E-state index contributed by atoms with van der Waals surface area (Å²) >= 11 is 0. The number of phenols is 1. The first-order chi connectivity index (χ1) is 17.5. The maximum absolute atomic E-state index is 13.2. The van der Waals surface area contributed by atoms with Crippen LogP contribution in [-0.2, 0) is 0 Å². The molecule has 0 unspecified atom stereocenters. The molecule has 0 saturated carbocycles. The molecular weight excluding hydrogens is 456 g/mol. The van der Waals surface area contributed by atoms with Gasteiger partial charge in [-0.05, 0) is 49.2 Å². The van der Waals surface area contributed by atoms with Crippen LogP contribution >= 0.6 is 0 Å². The molecule has 0 bridgehead atoms. The van der Waals surface area contributed by atoms with Gasteiger partial charge in [0.2, 0.25) is 0 Å². The number of anilines is 1. The molecule has 0 aliphatic heterocycles. The van der Waals surface area contributed by atoms with Crippen LogP contribution in [0.25, 0.3) is 22.2 Å². The van der Waals surface area contributed by atoms with E-state index < -0.39 is 0 Å². The quantitative estimate of drug-likeness (QED) is 0.204. The second-order valence-corrected chi connectivity index (χ2v) is 8.53. The van der Waals surface area contributed by atoms with E-state index in [0.29, 0.717) is 46.7 Å². The van der Waals surface area contributed by atoms with Crippen LogP contribution in [0.4, 0.5) is 5.82 Å². The number of nitrogen functional groups attached to an aromatic ring is 1. The Kier molecular flexibility index (Phi) is 7.99. The average Bonchev–Trinajstić information content (AvgIpc) is 3.15. The minimum atomic E-state index is -0.296. The van der Waals surface area contributed by atoms with E-state index in [0.717, 1.165) is 19.3 Å². The number of rotatable bonds is 11. The van der Waals surface area contributed by atoms with Gasteiger partial charge >= 0.3 is 0 Å². The van der Waals surface area contributed by atoms with Gasteiger partial charge in [0.15, 0.2) is 17.1 Å². The lowest BCUT2D eigenvalue weighted by atomic mass is 10.1. The fraction of sp³-hybridized carbons (Fsp3) is 0.333. The van der Waals surface area contributed by atoms with Crippen LogP contribution in [0.1, 0.15) is 61.9 Å². The SMILES string of the molecule is CCCCCCCNC(=O)c1c(N)n(/N=C\c2ccc(O)c(OCC)c2)c2nc3ccccc3nc12. The number of amides is 1. The van der Waals surface area contributed by atoms with Gasteiger partial charge in [-0.25, -0.2) is 9.97 Å². The first-order valence-corrected chi connectivity index (χ1v) is 12.4. The Bertz CT molecular complexity index is 1400. The maximum atomic E-state index is 13.2. The van der Waals surface area contributed by atoms with Crippen LogP contribution in [0.2, 0.25) is 0 Å². The van der Waals surface area contributed by atoms with Gasteiger partial charge in [0.05, 0.1) is 23.9 Å². The molecule has 9 heteroatoms. The zero-order valence-corrected chi connectivity index (χ0v) is 20.7. The van der Waals surface area contributed by atoms with Crippen molar-refractivity contribution in [3.63, 3.8) is 0 Å². The highest BCUT2D eigenvalue weighted by Gasteiger charge is 2.23. The number of nitrogens with one attached hydrogen (secondary N) is 1. The number of nitrogens with two attached hydrogens (primary N) is 1. The Morgan fingerprint density at radius 3 is 2.61 bits per heavy atom. The molecule has 2 heterocycles. The minimum Gasteiger partial charge on any atom is -0.504 e. The van der Waals surface area contributed by atoms with Gasteiger partial charge in [0.25, 0.3) is 5.91 Å². The van der Waals surface area contributed by atoms with Crippen molar-refractivity contribution in [3.8, 4) is 11.5 Å². The average molecular weight is 489 g/mol. The third kappa shape index (κ3) is 5.40. The number of unbranched alkanes of at least 4 members (excludes halogenated alkanes) is 4. The van der Waals surface area contributed by atoms with Crippen molar-refractivity contribution in [1.29, 1.82) is 0 Å². The van der Waals surface area contributed by atoms with Gasteiger partial charge in [0, 0.05) is 6.54 Å². The molecule has 1 amide bonds. The lowest BCUT2D eigenvalue weighted by molar-refractivity contribution is 0.0955. The van der Waals surface area contributed by atoms with Crippen LogP contribution in [-0.4, -0.2) is 45.0 Å². The highest BCUT2D eigenvalue weighted by Crippen LogP contribution is 2.29. The molecule has 0 aliphatic rings. The van der Waals surface area contributed by atoms with E-state index >= 15 is 0 Å². The maximum Gasteiger partial charge on any atom is 0.257 e. The topological polar surface area (TPSA) is 128 Å². The molecular formula is C27H32N6O3. The number of ether oxygens (including phenoxy) is 1. The molecule has 0 atom stereocenters. The Morgan fingerprint density at radius 2 is 1.86 bits per heavy atom. The van der Waals surface area contributed by atoms with E-state index in [9.17, 15) is 9.90 Å². The van der Waals surface area contributed by atoms with E-state index in [2.05, 4.69) is 17.3 Å². The molecule has 0 radical (unpaired) electrons. The molecule has 0 saturated heterocycles. The van der Waals surface area contributed by atoms with Crippen molar-refractivity contribution in [2.24, 2.45) is 5.10 Å². The number of hydrogen-bond donors (Lipinski definition) is 3. The molecule has 4 aromatic rings. The Morgan fingerprint density at radius 1 is 1.11 bits per heavy atom. The van der Waals surface area contributed by atoms with E-state index in [1.165, 1.54) is 23.6 Å². The van der Waals surface area contributed by atoms with Crippen molar-refractivity contribution in [2.75, 3.05) is 18.9 Å². The number of nitrogens with zero attached hydrogens (tertiary/aromatic N) is 4. The summed E-state index contributed by atoms with van der Waals surface area (Å²) in [5.41, 5.74) is 9.52. The minimum absolute atomic E-state index is 0.0471. The van der Waals surface area contributed by atoms with Crippen LogP contribution < -0.4 is 15.8 Å². The number of carbonyl (C=O) groups excluding carboxylic acids is 1. The molecule has 0 fully saturated rings. The van der Waals surface area contributed by atoms with Gasteiger partial charge in [-0.1, -0.05) is 44.7 Å². The van der Waals surface area contributed by atoms with Crippen molar-refractivity contribution >= 4 is 40.1 Å². The van der Waals surface area contributed by atoms with Crippen molar-refractivity contribution in [1.82, 2.24) is 20.0 Å². The highest BCUT2D eigenvalue weighted by atomic mass is 16.5. The van der Waals surface area contributed by atoms with Crippen LogP contribution in [0.15, 0.2) is 47.6 Å². The smallest absolute Gasteiger partial charge is 0.257 e. The fourth-order valence-corrected chi connectivity index (χ4v) is 4.01. The van der Waals surface area contributed by atoms with E-state index in [1.807, 2.05) is 31.2 Å². The summed E-state index contributed by atoms with van der Waals surface area (Å²) in [4.78, 5) is 22.6. The van der Waals surface area contributed by atoms with Crippen molar-refractivity contribution in [3.05, 3.63) is 53.6 Å². The number of phenolic OH excluding ortho intramolecular Hbond substituents is 1. The second kappa shape index (κ2) is 11.5. The van der Waals surface area contributed by atoms with E-state index in [1.54, 1.807) is 18.3 Å². The van der Waals surface area contributed by atoms with E-state index in [4.69, 9.17) is 20.4 Å². The summed E-state index contributed by atoms with van der Waals surface area (Å²) < 4.78 is 6.89. The zero-order valence-electron chi connectivity index (χ0n) is 20.7. The number of aromatic nitrogens is 3.